The summed E-state index contributed by atoms with van der Waals surface area (Å²) in [6.07, 6.45) is 2.52. The molecule has 150 valence electrons. The van der Waals surface area contributed by atoms with Gasteiger partial charge in [0.05, 0.1) is 4.90 Å². The van der Waals surface area contributed by atoms with E-state index in [2.05, 4.69) is 10.3 Å². The molecule has 0 spiro atoms. The van der Waals surface area contributed by atoms with Gasteiger partial charge >= 0.3 is 0 Å². The van der Waals surface area contributed by atoms with E-state index in [0.717, 1.165) is 29.5 Å². The van der Waals surface area contributed by atoms with Gasteiger partial charge in [-0.3, -0.25) is 4.79 Å². The van der Waals surface area contributed by atoms with E-state index < -0.39 is 10.0 Å². The van der Waals surface area contributed by atoms with Crippen LogP contribution in [0.4, 0.5) is 5.69 Å². The maximum absolute atomic E-state index is 13.3. The summed E-state index contributed by atoms with van der Waals surface area (Å²) in [4.78, 5) is 16.4. The number of sulfonamides is 1. The summed E-state index contributed by atoms with van der Waals surface area (Å²) in [7, 11) is -3.63. The van der Waals surface area contributed by atoms with E-state index in [0.29, 0.717) is 37.5 Å². The number of oxazole rings is 1. The molecule has 8 heteroatoms. The second kappa shape index (κ2) is 6.96. The van der Waals surface area contributed by atoms with Gasteiger partial charge < -0.3 is 9.73 Å². The molecule has 1 unspecified atom stereocenters. The Labute approximate surface area is 168 Å². The Balaban J connectivity index is 1.41. The van der Waals surface area contributed by atoms with E-state index in [1.807, 2.05) is 24.3 Å². The minimum absolute atomic E-state index is 0.0367. The minimum Gasteiger partial charge on any atom is -0.440 e. The van der Waals surface area contributed by atoms with Gasteiger partial charge in [0.2, 0.25) is 15.9 Å². The number of aryl methyl sites for hydroxylation is 1. The van der Waals surface area contributed by atoms with Crippen molar-refractivity contribution in [3.8, 4) is 0 Å². The van der Waals surface area contributed by atoms with Gasteiger partial charge in [-0.2, -0.15) is 4.31 Å². The maximum Gasteiger partial charge on any atom is 0.243 e. The van der Waals surface area contributed by atoms with Crippen molar-refractivity contribution >= 4 is 32.7 Å². The Bertz CT molecular complexity index is 1170. The molecule has 1 amide bonds. The molecule has 1 atom stereocenters. The monoisotopic (exact) mass is 411 g/mol. The lowest BCUT2D eigenvalue weighted by molar-refractivity contribution is -0.116. The molecule has 1 aromatic heterocycles. The zero-order valence-corrected chi connectivity index (χ0v) is 16.6. The first-order chi connectivity index (χ1) is 14.0. The number of piperidine rings is 1. The number of carbonyl (C=O) groups excluding carboxylic acids is 1. The van der Waals surface area contributed by atoms with Crippen molar-refractivity contribution in [1.82, 2.24) is 9.29 Å². The van der Waals surface area contributed by atoms with Gasteiger partial charge in [0, 0.05) is 31.1 Å². The highest BCUT2D eigenvalue weighted by Gasteiger charge is 2.33. The Morgan fingerprint density at radius 3 is 2.86 bits per heavy atom. The summed E-state index contributed by atoms with van der Waals surface area (Å²) in [5.41, 5.74) is 3.07. The number of hydrogen-bond donors (Lipinski definition) is 1. The summed E-state index contributed by atoms with van der Waals surface area (Å²) >= 11 is 0. The second-order valence-electron chi connectivity index (χ2n) is 7.59. The summed E-state index contributed by atoms with van der Waals surface area (Å²) in [5, 5.41) is 2.79. The number of para-hydroxylation sites is 2. The topological polar surface area (TPSA) is 92.5 Å². The standard InChI is InChI=1S/C21H21N3O4S/c25-20-10-7-14-12-16(8-9-17(14)22-20)29(26,27)24-11-3-4-15(13-24)21-23-18-5-1-2-6-19(18)28-21/h1-2,5-6,8-9,12,15H,3-4,7,10-11,13H2,(H,22,25). The normalized spacial score (nSPS) is 20.4. The van der Waals surface area contributed by atoms with Crippen LogP contribution in [0.1, 0.15) is 36.6 Å². The number of nitrogens with one attached hydrogen (secondary N) is 1. The largest absolute Gasteiger partial charge is 0.440 e. The van der Waals surface area contributed by atoms with Crippen LogP contribution in [-0.2, 0) is 21.2 Å². The fourth-order valence-electron chi connectivity index (χ4n) is 4.10. The molecule has 0 bridgehead atoms. The molecule has 3 heterocycles. The zero-order chi connectivity index (χ0) is 20.0. The third-order valence-electron chi connectivity index (χ3n) is 5.65. The predicted molar refractivity (Wildman–Crippen MR) is 108 cm³/mol. The molecule has 29 heavy (non-hydrogen) atoms. The first kappa shape index (κ1) is 18.3. The lowest BCUT2D eigenvalue weighted by Crippen LogP contribution is -2.39. The third-order valence-corrected chi connectivity index (χ3v) is 7.51. The highest BCUT2D eigenvalue weighted by molar-refractivity contribution is 7.89. The van der Waals surface area contributed by atoms with Crippen LogP contribution in [-0.4, -0.2) is 36.7 Å². The number of amides is 1. The van der Waals surface area contributed by atoms with Crippen LogP contribution in [0.15, 0.2) is 51.8 Å². The molecule has 1 N–H and O–H groups in total. The molecule has 2 aliphatic rings. The van der Waals surface area contributed by atoms with Gasteiger partial charge in [-0.25, -0.2) is 13.4 Å². The summed E-state index contributed by atoms with van der Waals surface area (Å²) in [6.45, 7) is 0.829. The Morgan fingerprint density at radius 1 is 1.14 bits per heavy atom. The average molecular weight is 411 g/mol. The zero-order valence-electron chi connectivity index (χ0n) is 15.8. The van der Waals surface area contributed by atoms with E-state index in [9.17, 15) is 13.2 Å². The van der Waals surface area contributed by atoms with Crippen molar-refractivity contribution in [3.05, 3.63) is 53.9 Å². The van der Waals surface area contributed by atoms with Crippen LogP contribution in [0.3, 0.4) is 0 Å². The maximum atomic E-state index is 13.3. The molecular weight excluding hydrogens is 390 g/mol. The fourth-order valence-corrected chi connectivity index (χ4v) is 5.67. The number of aromatic nitrogens is 1. The van der Waals surface area contributed by atoms with Gasteiger partial charge in [0.25, 0.3) is 0 Å². The number of hydrogen-bond acceptors (Lipinski definition) is 5. The highest BCUT2D eigenvalue weighted by Crippen LogP contribution is 2.33. The summed E-state index contributed by atoms with van der Waals surface area (Å²) < 4.78 is 34.0. The van der Waals surface area contributed by atoms with Gasteiger partial charge in [0.15, 0.2) is 11.5 Å². The van der Waals surface area contributed by atoms with Crippen LogP contribution < -0.4 is 5.32 Å². The molecular formula is C21H21N3O4S. The smallest absolute Gasteiger partial charge is 0.243 e. The van der Waals surface area contributed by atoms with Crippen molar-refractivity contribution in [1.29, 1.82) is 0 Å². The summed E-state index contributed by atoms with van der Waals surface area (Å²) in [5.74, 6) is 0.493. The molecule has 0 radical (unpaired) electrons. The molecule has 1 fully saturated rings. The Morgan fingerprint density at radius 2 is 2.00 bits per heavy atom. The first-order valence-electron chi connectivity index (χ1n) is 9.79. The van der Waals surface area contributed by atoms with Crippen molar-refractivity contribution in [2.75, 3.05) is 18.4 Å². The van der Waals surface area contributed by atoms with E-state index in [1.54, 1.807) is 18.2 Å². The number of nitrogens with zero attached hydrogens (tertiary/aromatic N) is 2. The molecule has 2 aromatic carbocycles. The quantitative estimate of drug-likeness (QED) is 0.714. The van der Waals surface area contributed by atoms with Gasteiger partial charge in [-0.15, -0.1) is 0 Å². The van der Waals surface area contributed by atoms with Crippen LogP contribution in [0, 0.1) is 0 Å². The SMILES string of the molecule is O=C1CCc2cc(S(=O)(=O)N3CCCC(c4nc5ccccc5o4)C3)ccc2N1. The average Bonchev–Trinajstić information content (AvgIpc) is 3.18. The molecule has 2 aliphatic heterocycles. The molecule has 1 saturated heterocycles. The highest BCUT2D eigenvalue weighted by atomic mass is 32.2. The van der Waals surface area contributed by atoms with Gasteiger partial charge in [-0.05, 0) is 55.2 Å². The number of rotatable bonds is 3. The predicted octanol–water partition coefficient (Wildman–Crippen LogP) is 3.28. The number of anilines is 1. The Hall–Kier alpha value is -2.71. The minimum atomic E-state index is -3.63. The lowest BCUT2D eigenvalue weighted by atomic mass is 10.00. The Kier molecular flexibility index (Phi) is 4.40. The van der Waals surface area contributed by atoms with Crippen LogP contribution in [0.2, 0.25) is 0 Å². The number of carbonyl (C=O) groups is 1. The van der Waals surface area contributed by atoms with Crippen molar-refractivity contribution < 1.29 is 17.6 Å². The molecule has 0 saturated carbocycles. The van der Waals surface area contributed by atoms with Crippen LogP contribution in [0.25, 0.3) is 11.1 Å². The van der Waals surface area contributed by atoms with Crippen LogP contribution >= 0.6 is 0 Å². The van der Waals surface area contributed by atoms with Crippen LogP contribution in [0.5, 0.6) is 0 Å². The molecule has 7 nitrogen and oxygen atoms in total. The number of benzene rings is 2. The van der Waals surface area contributed by atoms with Gasteiger partial charge in [-0.1, -0.05) is 12.1 Å². The third kappa shape index (κ3) is 3.32. The van der Waals surface area contributed by atoms with Crippen molar-refractivity contribution in [2.45, 2.75) is 36.5 Å². The van der Waals surface area contributed by atoms with E-state index in [-0.39, 0.29) is 16.7 Å². The molecule has 0 aliphatic carbocycles. The summed E-state index contributed by atoms with van der Waals surface area (Å²) in [6, 6.07) is 12.5. The van der Waals surface area contributed by atoms with E-state index >= 15 is 0 Å². The van der Waals surface area contributed by atoms with Crippen molar-refractivity contribution in [2.24, 2.45) is 0 Å². The van der Waals surface area contributed by atoms with E-state index in [1.165, 1.54) is 4.31 Å². The van der Waals surface area contributed by atoms with E-state index in [4.69, 9.17) is 4.42 Å². The first-order valence-corrected chi connectivity index (χ1v) is 11.2. The molecule has 5 rings (SSSR count). The van der Waals surface area contributed by atoms with Gasteiger partial charge in [0.1, 0.15) is 5.52 Å². The lowest BCUT2D eigenvalue weighted by Gasteiger charge is -2.30. The van der Waals surface area contributed by atoms with Crippen molar-refractivity contribution in [3.63, 3.8) is 0 Å². The second-order valence-corrected chi connectivity index (χ2v) is 9.53. The number of fused-ring (bicyclic) bond motifs is 2. The fraction of sp³-hybridized carbons (Fsp3) is 0.333. The molecule has 3 aromatic rings.